The van der Waals surface area contributed by atoms with Crippen molar-refractivity contribution in [2.75, 3.05) is 19.6 Å². The lowest BCUT2D eigenvalue weighted by Gasteiger charge is -2.33. The Bertz CT molecular complexity index is 285. The van der Waals surface area contributed by atoms with Crippen molar-refractivity contribution in [3.05, 3.63) is 0 Å². The van der Waals surface area contributed by atoms with E-state index in [0.717, 1.165) is 13.0 Å². The zero-order valence-corrected chi connectivity index (χ0v) is 7.94. The Morgan fingerprint density at radius 2 is 2.50 bits per heavy atom. The van der Waals surface area contributed by atoms with Crippen LogP contribution in [0.3, 0.4) is 0 Å². The molecular weight excluding hydrogens is 180 g/mol. The summed E-state index contributed by atoms with van der Waals surface area (Å²) < 4.78 is 0. The summed E-state index contributed by atoms with van der Waals surface area (Å²) in [6.45, 7) is 1.41. The van der Waals surface area contributed by atoms with Crippen LogP contribution in [-0.2, 0) is 4.79 Å². The van der Waals surface area contributed by atoms with Crippen LogP contribution in [0.2, 0.25) is 0 Å². The minimum atomic E-state index is -0.0775. The van der Waals surface area contributed by atoms with E-state index < -0.39 is 0 Å². The Hall–Kier alpha value is -1.12. The first-order valence-corrected chi connectivity index (χ1v) is 4.85. The van der Waals surface area contributed by atoms with Crippen molar-refractivity contribution in [3.63, 3.8) is 0 Å². The number of nitriles is 1. The van der Waals surface area contributed by atoms with Crippen molar-refractivity contribution in [1.29, 1.82) is 5.26 Å². The topological polar surface area (TPSA) is 82.2 Å². The molecule has 2 heterocycles. The average molecular weight is 194 g/mol. The average Bonchev–Trinajstić information content (AvgIpc) is 2.70. The van der Waals surface area contributed by atoms with Crippen molar-refractivity contribution in [1.82, 2.24) is 10.2 Å². The summed E-state index contributed by atoms with van der Waals surface area (Å²) in [5.41, 5.74) is 5.87. The molecule has 0 aromatic heterocycles. The fraction of sp³-hybridized carbons (Fsp3) is 0.778. The highest BCUT2D eigenvalue weighted by molar-refractivity contribution is 5.78. The predicted molar refractivity (Wildman–Crippen MR) is 50.1 cm³/mol. The fourth-order valence-electron chi connectivity index (χ4n) is 2.33. The Balaban J connectivity index is 1.77. The van der Waals surface area contributed by atoms with Gasteiger partial charge >= 0.3 is 0 Å². The maximum absolute atomic E-state index is 11.3. The van der Waals surface area contributed by atoms with Gasteiger partial charge in [-0.15, -0.1) is 0 Å². The van der Waals surface area contributed by atoms with E-state index in [0.29, 0.717) is 18.5 Å². The van der Waals surface area contributed by atoms with Crippen molar-refractivity contribution in [2.24, 2.45) is 11.7 Å². The molecule has 0 radical (unpaired) electrons. The number of hydrogen-bond donors (Lipinski definition) is 2. The molecule has 3 rings (SSSR count). The van der Waals surface area contributed by atoms with Gasteiger partial charge in [0.2, 0.25) is 5.91 Å². The van der Waals surface area contributed by atoms with Crippen molar-refractivity contribution < 1.29 is 4.79 Å². The molecular formula is C9H14N4O. The second-order valence-corrected chi connectivity index (χ2v) is 4.00. The molecule has 76 valence electrons. The number of fused-ring (bicyclic) bond motifs is 1. The van der Waals surface area contributed by atoms with E-state index in [1.807, 2.05) is 6.07 Å². The van der Waals surface area contributed by atoms with Crippen LogP contribution in [0, 0.1) is 17.2 Å². The highest BCUT2D eigenvalue weighted by atomic mass is 16.2. The van der Waals surface area contributed by atoms with E-state index in [9.17, 15) is 4.79 Å². The molecule has 3 atom stereocenters. The third-order valence-corrected chi connectivity index (χ3v) is 3.18. The molecule has 3 N–H and O–H groups in total. The molecule has 2 saturated heterocycles. The van der Waals surface area contributed by atoms with Gasteiger partial charge in [-0.1, -0.05) is 0 Å². The molecule has 5 heteroatoms. The lowest BCUT2D eigenvalue weighted by atomic mass is 9.81. The van der Waals surface area contributed by atoms with Gasteiger partial charge in [-0.3, -0.25) is 9.69 Å². The van der Waals surface area contributed by atoms with Gasteiger partial charge in [-0.25, -0.2) is 0 Å². The largest absolute Gasteiger partial charge is 0.342 e. The summed E-state index contributed by atoms with van der Waals surface area (Å²) in [7, 11) is 0. The first-order valence-electron chi connectivity index (χ1n) is 4.85. The van der Waals surface area contributed by atoms with E-state index in [1.165, 1.54) is 0 Å². The van der Waals surface area contributed by atoms with Crippen LogP contribution in [-0.4, -0.2) is 42.5 Å². The monoisotopic (exact) mass is 194 g/mol. The highest BCUT2D eigenvalue weighted by Gasteiger charge is 2.50. The summed E-state index contributed by atoms with van der Waals surface area (Å²) in [4.78, 5) is 13.4. The highest BCUT2D eigenvalue weighted by Crippen LogP contribution is 2.39. The molecule has 0 spiro atoms. The number of nitrogens with two attached hydrogens (primary N) is 1. The van der Waals surface area contributed by atoms with E-state index >= 15 is 0 Å². The number of rotatable bonds is 3. The molecule has 3 aliphatic rings. The lowest BCUT2D eigenvalue weighted by Crippen LogP contribution is -2.50. The third kappa shape index (κ3) is 1.47. The van der Waals surface area contributed by atoms with Crippen LogP contribution in [0.4, 0.5) is 0 Å². The fourth-order valence-corrected chi connectivity index (χ4v) is 2.33. The molecule has 3 fully saturated rings. The van der Waals surface area contributed by atoms with Crippen LogP contribution < -0.4 is 11.1 Å². The van der Waals surface area contributed by atoms with E-state index in [-0.39, 0.29) is 18.5 Å². The summed E-state index contributed by atoms with van der Waals surface area (Å²) in [6, 6.07) is 2.54. The third-order valence-electron chi connectivity index (χ3n) is 3.18. The number of amides is 1. The zero-order valence-electron chi connectivity index (χ0n) is 7.94. The number of nitrogens with zero attached hydrogens (tertiary/aromatic N) is 2. The number of nitrogens with one attached hydrogen (secondary N) is 1. The quantitative estimate of drug-likeness (QED) is 0.545. The Kier molecular flexibility index (Phi) is 2.40. The SMILES string of the molecule is N#CCNC(=O)CN1CC2CC1C2N. The molecule has 14 heavy (non-hydrogen) atoms. The van der Waals surface area contributed by atoms with E-state index in [4.69, 9.17) is 11.0 Å². The molecule has 1 aliphatic carbocycles. The molecule has 1 saturated carbocycles. The minimum Gasteiger partial charge on any atom is -0.342 e. The molecule has 3 unspecified atom stereocenters. The van der Waals surface area contributed by atoms with Crippen LogP contribution in [0.15, 0.2) is 0 Å². The Morgan fingerprint density at radius 1 is 1.71 bits per heavy atom. The Morgan fingerprint density at radius 3 is 3.00 bits per heavy atom. The standard InChI is InChI=1S/C9H14N4O/c10-1-2-12-8(14)5-13-4-6-3-7(13)9(6)11/h6-7,9H,2-5,11H2,(H,12,14). The van der Waals surface area contributed by atoms with Crippen LogP contribution in [0.5, 0.6) is 0 Å². The lowest BCUT2D eigenvalue weighted by molar-refractivity contribution is -0.122. The van der Waals surface area contributed by atoms with Gasteiger partial charge in [0.1, 0.15) is 6.54 Å². The summed E-state index contributed by atoms with van der Waals surface area (Å²) in [5.74, 6) is 0.509. The molecule has 2 bridgehead atoms. The van der Waals surface area contributed by atoms with Gasteiger partial charge in [0.15, 0.2) is 0 Å². The van der Waals surface area contributed by atoms with Crippen molar-refractivity contribution in [3.8, 4) is 6.07 Å². The van der Waals surface area contributed by atoms with Crippen LogP contribution in [0.1, 0.15) is 6.42 Å². The second-order valence-electron chi connectivity index (χ2n) is 4.00. The molecule has 0 aromatic rings. The van der Waals surface area contributed by atoms with E-state index in [1.54, 1.807) is 0 Å². The molecule has 2 aliphatic heterocycles. The Labute approximate surface area is 82.9 Å². The van der Waals surface area contributed by atoms with Crippen molar-refractivity contribution in [2.45, 2.75) is 18.5 Å². The van der Waals surface area contributed by atoms with Gasteiger partial charge in [0.25, 0.3) is 0 Å². The maximum atomic E-state index is 11.3. The number of hydrogen-bond acceptors (Lipinski definition) is 4. The van der Waals surface area contributed by atoms with Gasteiger partial charge in [-0.2, -0.15) is 5.26 Å². The van der Waals surface area contributed by atoms with Gasteiger partial charge in [-0.05, 0) is 12.3 Å². The number of carbonyl (C=O) groups is 1. The normalized spacial score (nSPS) is 34.7. The predicted octanol–water partition coefficient (Wildman–Crippen LogP) is -1.34. The van der Waals surface area contributed by atoms with Crippen LogP contribution in [0.25, 0.3) is 0 Å². The molecule has 1 amide bonds. The minimum absolute atomic E-state index is 0.0775. The molecule has 5 nitrogen and oxygen atoms in total. The maximum Gasteiger partial charge on any atom is 0.235 e. The van der Waals surface area contributed by atoms with E-state index in [2.05, 4.69) is 10.2 Å². The van der Waals surface area contributed by atoms with Gasteiger partial charge < -0.3 is 11.1 Å². The van der Waals surface area contributed by atoms with Crippen molar-refractivity contribution >= 4 is 5.91 Å². The summed E-state index contributed by atoms with van der Waals surface area (Å²) in [6.07, 6.45) is 1.13. The first-order chi connectivity index (χ1) is 6.72. The van der Waals surface area contributed by atoms with Gasteiger partial charge in [0, 0.05) is 18.6 Å². The summed E-state index contributed by atoms with van der Waals surface area (Å²) >= 11 is 0. The first kappa shape index (κ1) is 9.44. The zero-order chi connectivity index (χ0) is 10.1. The van der Waals surface area contributed by atoms with Crippen LogP contribution >= 0.6 is 0 Å². The summed E-state index contributed by atoms with van der Waals surface area (Å²) in [5, 5.41) is 10.8. The second kappa shape index (κ2) is 3.56. The van der Waals surface area contributed by atoms with Gasteiger partial charge in [0.05, 0.1) is 12.6 Å². The molecule has 0 aromatic carbocycles. The smallest absolute Gasteiger partial charge is 0.235 e. The number of carbonyl (C=O) groups excluding carboxylic acids is 1.